The number of nitrogens with one attached hydrogen (secondary N) is 1. The van der Waals surface area contributed by atoms with Gasteiger partial charge < -0.3 is 15.2 Å². The molecule has 5 nitrogen and oxygen atoms in total. The highest BCUT2D eigenvalue weighted by Crippen LogP contribution is 2.19. The lowest BCUT2D eigenvalue weighted by Crippen LogP contribution is -2.55. The van der Waals surface area contributed by atoms with E-state index in [0.29, 0.717) is 0 Å². The fourth-order valence-electron chi connectivity index (χ4n) is 1.58. The fourth-order valence-corrected chi connectivity index (χ4v) is 1.58. The number of aliphatic carboxylic acids is 1. The van der Waals surface area contributed by atoms with Crippen LogP contribution in [0.25, 0.3) is 0 Å². The van der Waals surface area contributed by atoms with E-state index in [1.165, 1.54) is 32.2 Å². The van der Waals surface area contributed by atoms with Crippen molar-refractivity contribution in [3.8, 4) is 0 Å². The molecule has 2 N–H and O–H groups in total. The molecule has 1 amide bonds. The Hall–Kier alpha value is -2.02. The summed E-state index contributed by atoms with van der Waals surface area (Å²) in [5, 5.41) is 11.4. The first kappa shape index (κ1) is 16.0. The van der Waals surface area contributed by atoms with Crippen molar-refractivity contribution in [2.75, 3.05) is 13.7 Å². The Kier molecular flexibility index (Phi) is 5.15. The summed E-state index contributed by atoms with van der Waals surface area (Å²) >= 11 is 0. The summed E-state index contributed by atoms with van der Waals surface area (Å²) in [6.07, 6.45) is -2.70. The minimum atomic E-state index is -2.70. The summed E-state index contributed by atoms with van der Waals surface area (Å²) in [6.45, 7) is 1.02. The van der Waals surface area contributed by atoms with Gasteiger partial charge in [0.25, 0.3) is 12.3 Å². The molecule has 1 aromatic carbocycles. The van der Waals surface area contributed by atoms with Crippen molar-refractivity contribution in [1.29, 1.82) is 0 Å². The number of carbonyl (C=O) groups is 2. The monoisotopic (exact) mass is 287 g/mol. The van der Waals surface area contributed by atoms with Crippen LogP contribution >= 0.6 is 0 Å². The van der Waals surface area contributed by atoms with E-state index in [0.717, 1.165) is 6.07 Å². The average molecular weight is 287 g/mol. The first-order valence-electron chi connectivity index (χ1n) is 5.73. The second-order valence-electron chi connectivity index (χ2n) is 4.45. The maximum absolute atomic E-state index is 12.6. The molecule has 20 heavy (non-hydrogen) atoms. The van der Waals surface area contributed by atoms with Gasteiger partial charge >= 0.3 is 5.97 Å². The largest absolute Gasteiger partial charge is 0.479 e. The van der Waals surface area contributed by atoms with Crippen molar-refractivity contribution in [1.82, 2.24) is 5.32 Å². The van der Waals surface area contributed by atoms with Crippen LogP contribution in [0.5, 0.6) is 0 Å². The maximum atomic E-state index is 12.6. The molecule has 0 aliphatic heterocycles. The molecule has 1 atom stereocenters. The van der Waals surface area contributed by atoms with E-state index in [-0.39, 0.29) is 17.7 Å². The topological polar surface area (TPSA) is 75.6 Å². The van der Waals surface area contributed by atoms with Gasteiger partial charge in [-0.05, 0) is 19.1 Å². The molecule has 0 bridgehead atoms. The second-order valence-corrected chi connectivity index (χ2v) is 4.45. The molecule has 0 saturated heterocycles. The number of carbonyl (C=O) groups excluding carboxylic acids is 1. The molecule has 1 unspecified atom stereocenters. The van der Waals surface area contributed by atoms with Gasteiger partial charge in [-0.15, -0.1) is 0 Å². The normalized spacial score (nSPS) is 13.8. The van der Waals surface area contributed by atoms with Crippen LogP contribution in [-0.4, -0.2) is 36.2 Å². The Bertz CT molecular complexity index is 507. The number of ether oxygens (including phenoxy) is 1. The summed E-state index contributed by atoms with van der Waals surface area (Å²) < 4.78 is 29.9. The number of hydrogen-bond acceptors (Lipinski definition) is 3. The Labute approximate surface area is 114 Å². The van der Waals surface area contributed by atoms with Gasteiger partial charge in [0.15, 0.2) is 5.54 Å². The Morgan fingerprint density at radius 2 is 2.10 bits per heavy atom. The number of hydrogen-bond donors (Lipinski definition) is 2. The summed E-state index contributed by atoms with van der Waals surface area (Å²) in [5.41, 5.74) is -1.97. The van der Waals surface area contributed by atoms with Crippen LogP contribution < -0.4 is 5.32 Å². The third-order valence-electron chi connectivity index (χ3n) is 2.70. The van der Waals surface area contributed by atoms with Crippen molar-refractivity contribution < 1.29 is 28.2 Å². The van der Waals surface area contributed by atoms with Crippen LogP contribution in [0.1, 0.15) is 29.3 Å². The summed E-state index contributed by atoms with van der Waals surface area (Å²) in [6, 6.07) is 4.85. The van der Waals surface area contributed by atoms with E-state index in [1.807, 2.05) is 0 Å². The van der Waals surface area contributed by atoms with Gasteiger partial charge in [-0.2, -0.15) is 0 Å². The predicted molar refractivity (Wildman–Crippen MR) is 66.8 cm³/mol. The molecule has 1 aromatic rings. The van der Waals surface area contributed by atoms with Crippen molar-refractivity contribution in [3.63, 3.8) is 0 Å². The van der Waals surface area contributed by atoms with Crippen molar-refractivity contribution in [3.05, 3.63) is 35.4 Å². The highest BCUT2D eigenvalue weighted by atomic mass is 19.3. The average Bonchev–Trinajstić information content (AvgIpc) is 2.38. The maximum Gasteiger partial charge on any atom is 0.331 e. The van der Waals surface area contributed by atoms with Gasteiger partial charge in [0.1, 0.15) is 0 Å². The van der Waals surface area contributed by atoms with Gasteiger partial charge in [0, 0.05) is 18.2 Å². The zero-order valence-electron chi connectivity index (χ0n) is 11.0. The van der Waals surface area contributed by atoms with E-state index >= 15 is 0 Å². The zero-order chi connectivity index (χ0) is 15.3. The van der Waals surface area contributed by atoms with Gasteiger partial charge in [0.2, 0.25) is 0 Å². The Balaban J connectivity index is 2.95. The summed E-state index contributed by atoms with van der Waals surface area (Å²) in [5.74, 6) is -2.04. The molecule has 0 spiro atoms. The van der Waals surface area contributed by atoms with Gasteiger partial charge in [-0.1, -0.05) is 12.1 Å². The van der Waals surface area contributed by atoms with Gasteiger partial charge in [-0.25, -0.2) is 13.6 Å². The first-order valence-corrected chi connectivity index (χ1v) is 5.73. The number of methoxy groups -OCH3 is 1. The standard InChI is InChI=1S/C13H15F2NO4/c1-13(7-20-2,12(18)19)16-11(17)9-5-3-4-8(6-9)10(14)15/h3-6,10H,7H2,1-2H3,(H,16,17)(H,18,19). The molecular weight excluding hydrogens is 272 g/mol. The third-order valence-corrected chi connectivity index (χ3v) is 2.70. The highest BCUT2D eigenvalue weighted by molar-refractivity contribution is 5.97. The number of carboxylic acid groups (broad SMARTS) is 1. The van der Waals surface area contributed by atoms with E-state index in [9.17, 15) is 18.4 Å². The molecule has 110 valence electrons. The molecule has 0 aromatic heterocycles. The minimum Gasteiger partial charge on any atom is -0.479 e. The number of carboxylic acids is 1. The Morgan fingerprint density at radius 1 is 1.45 bits per heavy atom. The van der Waals surface area contributed by atoms with Crippen molar-refractivity contribution >= 4 is 11.9 Å². The molecule has 0 aliphatic rings. The second kappa shape index (κ2) is 6.42. The predicted octanol–water partition coefficient (Wildman–Crippen LogP) is 1.84. The molecule has 1 rings (SSSR count). The summed E-state index contributed by atoms with van der Waals surface area (Å²) in [7, 11) is 1.30. The van der Waals surface area contributed by atoms with Gasteiger partial charge in [0.05, 0.1) is 6.61 Å². The molecule has 0 fully saturated rings. The molecule has 0 saturated carbocycles. The summed E-state index contributed by atoms with van der Waals surface area (Å²) in [4.78, 5) is 23.1. The number of rotatable bonds is 6. The molecule has 0 aliphatic carbocycles. The van der Waals surface area contributed by atoms with Crippen LogP contribution in [0.3, 0.4) is 0 Å². The van der Waals surface area contributed by atoms with E-state index in [1.54, 1.807) is 0 Å². The van der Waals surface area contributed by atoms with Crippen LogP contribution in [0.4, 0.5) is 8.78 Å². The molecule has 7 heteroatoms. The molecule has 0 radical (unpaired) electrons. The molecular formula is C13H15F2NO4. The lowest BCUT2D eigenvalue weighted by molar-refractivity contribution is -0.145. The fraction of sp³-hybridized carbons (Fsp3) is 0.385. The van der Waals surface area contributed by atoms with Crippen LogP contribution in [0, 0.1) is 0 Å². The lowest BCUT2D eigenvalue weighted by atomic mass is 10.0. The van der Waals surface area contributed by atoms with Crippen molar-refractivity contribution in [2.24, 2.45) is 0 Å². The molecule has 0 heterocycles. The first-order chi connectivity index (χ1) is 9.30. The third kappa shape index (κ3) is 3.74. The minimum absolute atomic E-state index is 0.0358. The van der Waals surface area contributed by atoms with Crippen molar-refractivity contribution in [2.45, 2.75) is 18.9 Å². The Morgan fingerprint density at radius 3 is 2.60 bits per heavy atom. The zero-order valence-corrected chi connectivity index (χ0v) is 11.0. The van der Waals surface area contributed by atoms with E-state index < -0.39 is 23.8 Å². The van der Waals surface area contributed by atoms with Crippen LogP contribution in [0.2, 0.25) is 0 Å². The number of benzene rings is 1. The number of halogens is 2. The lowest BCUT2D eigenvalue weighted by Gasteiger charge is -2.25. The van der Waals surface area contributed by atoms with Crippen LogP contribution in [0.15, 0.2) is 24.3 Å². The van der Waals surface area contributed by atoms with E-state index in [4.69, 9.17) is 9.84 Å². The number of alkyl halides is 2. The van der Waals surface area contributed by atoms with Gasteiger partial charge in [-0.3, -0.25) is 4.79 Å². The highest BCUT2D eigenvalue weighted by Gasteiger charge is 2.35. The van der Waals surface area contributed by atoms with E-state index in [2.05, 4.69) is 5.32 Å². The van der Waals surface area contributed by atoms with Crippen LogP contribution in [-0.2, 0) is 9.53 Å². The smallest absolute Gasteiger partial charge is 0.331 e. The quantitative estimate of drug-likeness (QED) is 0.837. The SMILES string of the molecule is COCC(C)(NC(=O)c1cccc(C(F)F)c1)C(=O)O. The number of amides is 1.